The number of nitrogens with one attached hydrogen (secondary N) is 2. The van der Waals surface area contributed by atoms with Gasteiger partial charge in [-0.25, -0.2) is 16.8 Å². The fraction of sp³-hybridized carbons (Fsp3) is 0.352. The van der Waals surface area contributed by atoms with Gasteiger partial charge in [-0.2, -0.15) is 13.2 Å². The number of piperazine rings is 1. The zero-order chi connectivity index (χ0) is 53.3. The van der Waals surface area contributed by atoms with Gasteiger partial charge in [-0.05, 0) is 110 Å². The molecule has 0 bridgehead atoms. The number of benzene rings is 5. The van der Waals surface area contributed by atoms with Crippen LogP contribution in [0.15, 0.2) is 136 Å². The molecule has 6 aromatic rings. The van der Waals surface area contributed by atoms with Gasteiger partial charge < -0.3 is 34.4 Å². The van der Waals surface area contributed by atoms with Gasteiger partial charge in [0.15, 0.2) is 0 Å². The van der Waals surface area contributed by atoms with Crippen LogP contribution in [-0.2, 0) is 31.6 Å². The van der Waals surface area contributed by atoms with Crippen molar-refractivity contribution in [3.63, 3.8) is 0 Å². The second-order valence-corrected chi connectivity index (χ2v) is 24.5. The van der Waals surface area contributed by atoms with Crippen molar-refractivity contribution in [2.75, 3.05) is 97.7 Å². The lowest BCUT2D eigenvalue weighted by atomic mass is 9.95. The number of aliphatic hydroxyl groups is 1. The van der Waals surface area contributed by atoms with E-state index in [-0.39, 0.29) is 17.3 Å². The summed E-state index contributed by atoms with van der Waals surface area (Å²) in [6.45, 7) is 9.52. The lowest BCUT2D eigenvalue weighted by Gasteiger charge is -2.44. The van der Waals surface area contributed by atoms with Crippen molar-refractivity contribution in [3.05, 3.63) is 138 Å². The lowest BCUT2D eigenvalue weighted by Crippen LogP contribution is -2.60. The Labute approximate surface area is 445 Å². The summed E-state index contributed by atoms with van der Waals surface area (Å²) < 4.78 is 107. The minimum atomic E-state index is -6.03. The van der Waals surface area contributed by atoms with Crippen molar-refractivity contribution in [1.82, 2.24) is 14.4 Å². The number of ether oxygens (including phenoxy) is 1. The van der Waals surface area contributed by atoms with Crippen LogP contribution in [-0.4, -0.2) is 137 Å². The van der Waals surface area contributed by atoms with Crippen LogP contribution in [0.25, 0.3) is 22.4 Å². The number of halogens is 4. The maximum atomic E-state index is 14.3. The van der Waals surface area contributed by atoms with E-state index < -0.39 is 46.8 Å². The summed E-state index contributed by atoms with van der Waals surface area (Å²) in [4.78, 5) is 21.6. The Hall–Kier alpha value is -5.74. The van der Waals surface area contributed by atoms with Crippen molar-refractivity contribution < 1.29 is 44.6 Å². The highest BCUT2D eigenvalue weighted by Crippen LogP contribution is 2.42. The number of hydrogen-bond acceptors (Lipinski definition) is 12. The normalized spacial score (nSPS) is 16.9. The zero-order valence-electron chi connectivity index (χ0n) is 41.7. The number of β-amino-alcohol motifs (C(OH)–C–C–N with tert-alkyl or cyclic N) is 1. The van der Waals surface area contributed by atoms with Crippen molar-refractivity contribution in [3.8, 4) is 22.4 Å². The number of amides is 1. The molecular formula is C54H59ClF3N7O7S3. The Balaban J connectivity index is 0.894. The molecule has 3 N–H and O–H groups in total. The van der Waals surface area contributed by atoms with Crippen LogP contribution in [0, 0.1) is 6.92 Å². The van der Waals surface area contributed by atoms with Crippen LogP contribution in [0.4, 0.5) is 35.9 Å². The van der Waals surface area contributed by atoms with Crippen molar-refractivity contribution in [1.29, 1.82) is 0 Å². The van der Waals surface area contributed by atoms with Crippen molar-refractivity contribution >= 4 is 71.9 Å². The fourth-order valence-corrected chi connectivity index (χ4v) is 13.2. The molecule has 14 nitrogen and oxygen atoms in total. The third-order valence-corrected chi connectivity index (χ3v) is 18.2. The number of carbonyl (C=O) groups excluding carboxylic acids is 1. The third-order valence-electron chi connectivity index (χ3n) is 13.9. The van der Waals surface area contributed by atoms with Gasteiger partial charge in [0.25, 0.3) is 25.8 Å². The van der Waals surface area contributed by atoms with E-state index in [1.54, 1.807) is 31.2 Å². The molecule has 3 fully saturated rings. The predicted molar refractivity (Wildman–Crippen MR) is 290 cm³/mol. The van der Waals surface area contributed by atoms with E-state index in [2.05, 4.69) is 36.5 Å². The molecule has 3 aliphatic rings. The average Bonchev–Trinajstić information content (AvgIpc) is 3.67. The number of thioether (sulfide) groups is 1. The number of aromatic nitrogens is 1. The first-order valence-electron chi connectivity index (χ1n) is 24.6. The van der Waals surface area contributed by atoms with Gasteiger partial charge in [0.1, 0.15) is 4.90 Å². The van der Waals surface area contributed by atoms with Crippen LogP contribution in [0.3, 0.4) is 0 Å². The summed E-state index contributed by atoms with van der Waals surface area (Å²) in [6, 6.07) is 33.9. The Bertz CT molecular complexity index is 3230. The SMILES string of the molecule is Cc1c(C(=O)N2CCOCC2)c(-c2cccc(N3CCN(c4ccc(NS(=O)(=O)c5ccc(N[C@H](CCN6CC(C)(O)C6)CSc6ccccc6)c(S(=O)(=O)C(F)(F)F)c5)cc4)CC3)c2)c(-c2ccc(Cl)cc2)n1C. The van der Waals surface area contributed by atoms with Crippen LogP contribution < -0.4 is 19.8 Å². The van der Waals surface area contributed by atoms with Gasteiger partial charge in [-0.3, -0.25) is 14.4 Å². The fourth-order valence-electron chi connectivity index (χ4n) is 9.93. The van der Waals surface area contributed by atoms with Crippen LogP contribution in [0.5, 0.6) is 0 Å². The Morgan fingerprint density at radius 3 is 2.11 bits per heavy atom. The number of sulfone groups is 1. The highest BCUT2D eigenvalue weighted by molar-refractivity contribution is 7.99. The summed E-state index contributed by atoms with van der Waals surface area (Å²) >= 11 is 7.75. The van der Waals surface area contributed by atoms with E-state index in [0.29, 0.717) is 101 Å². The Morgan fingerprint density at radius 2 is 1.47 bits per heavy atom. The standard InChI is InChI=1S/C54H59ClF3N7O7S3/c1-37-49(52(66)65-28-30-72-31-29-65)50(51(61(37)3)38-12-14-40(55)15-13-38)39-8-7-9-44(32-39)64-26-24-63(25-27-64)43-18-16-41(17-19-43)60-75(70,71)46-20-21-47(48(33-46)74(68,69)54(56,57)58)59-42(22-23-62-35-53(2,67)36-62)34-73-45-10-5-4-6-11-45/h4-21,32-33,42,59-60,67H,22-31,34-36H2,1-3H3/t42-/m1/s1. The number of hydrogen-bond donors (Lipinski definition) is 3. The maximum absolute atomic E-state index is 14.3. The largest absolute Gasteiger partial charge is 0.501 e. The number of rotatable bonds is 17. The van der Waals surface area contributed by atoms with E-state index in [1.165, 1.54) is 11.8 Å². The second kappa shape index (κ2) is 22.1. The van der Waals surface area contributed by atoms with Gasteiger partial charge in [0.05, 0.1) is 40.7 Å². The molecule has 1 aromatic heterocycles. The van der Waals surface area contributed by atoms with E-state index in [0.717, 1.165) is 56.5 Å². The number of sulfonamides is 1. The van der Waals surface area contributed by atoms with E-state index in [1.807, 2.05) is 90.5 Å². The van der Waals surface area contributed by atoms with Crippen LogP contribution >= 0.6 is 23.4 Å². The molecule has 1 atom stereocenters. The number of nitrogens with zero attached hydrogens (tertiary/aromatic N) is 5. The Kier molecular flexibility index (Phi) is 15.9. The Morgan fingerprint density at radius 1 is 0.813 bits per heavy atom. The first-order chi connectivity index (χ1) is 35.7. The van der Waals surface area contributed by atoms with E-state index in [9.17, 15) is 39.9 Å². The van der Waals surface area contributed by atoms with Gasteiger partial charge >= 0.3 is 5.51 Å². The molecular weight excluding hydrogens is 1050 g/mol. The minimum absolute atomic E-state index is 0.0445. The van der Waals surface area contributed by atoms with Gasteiger partial charge in [-0.1, -0.05) is 54.1 Å². The number of morpholine rings is 1. The smallest absolute Gasteiger partial charge is 0.388 e. The number of carbonyl (C=O) groups is 1. The molecule has 21 heteroatoms. The average molecular weight is 1110 g/mol. The first kappa shape index (κ1) is 54.1. The molecule has 0 saturated carbocycles. The maximum Gasteiger partial charge on any atom is 0.501 e. The highest BCUT2D eigenvalue weighted by atomic mass is 35.5. The van der Waals surface area contributed by atoms with Gasteiger partial charge in [0, 0.05) is 116 Å². The number of likely N-dealkylation sites (tertiary alicyclic amines) is 1. The van der Waals surface area contributed by atoms with Crippen LogP contribution in [0.2, 0.25) is 5.02 Å². The molecule has 0 unspecified atom stereocenters. The lowest BCUT2D eigenvalue weighted by molar-refractivity contribution is -0.0834. The van der Waals surface area contributed by atoms with Gasteiger partial charge in [0.2, 0.25) is 0 Å². The first-order valence-corrected chi connectivity index (χ1v) is 28.9. The second-order valence-electron chi connectivity index (χ2n) is 19.4. The molecule has 3 saturated heterocycles. The quantitative estimate of drug-likeness (QED) is 0.0746. The summed E-state index contributed by atoms with van der Waals surface area (Å²) in [5.74, 6) is 0.306. The monoisotopic (exact) mass is 1110 g/mol. The third kappa shape index (κ3) is 12.1. The van der Waals surface area contributed by atoms with E-state index >= 15 is 0 Å². The summed E-state index contributed by atoms with van der Waals surface area (Å²) in [5, 5.41) is 13.9. The predicted octanol–water partition coefficient (Wildman–Crippen LogP) is 9.24. The van der Waals surface area contributed by atoms with Crippen LogP contribution in [0.1, 0.15) is 29.4 Å². The molecule has 75 heavy (non-hydrogen) atoms. The highest BCUT2D eigenvalue weighted by Gasteiger charge is 2.48. The topological polar surface area (TPSA) is 157 Å². The molecule has 9 rings (SSSR count). The molecule has 0 aliphatic carbocycles. The molecule has 398 valence electrons. The van der Waals surface area contributed by atoms with Gasteiger partial charge in [-0.15, -0.1) is 11.8 Å². The summed E-state index contributed by atoms with van der Waals surface area (Å²) in [5.41, 5.74) is 0.0602. The molecule has 0 spiro atoms. The molecule has 1 amide bonds. The van der Waals surface area contributed by atoms with Crippen molar-refractivity contribution in [2.24, 2.45) is 7.05 Å². The minimum Gasteiger partial charge on any atom is -0.388 e. The van der Waals surface area contributed by atoms with Crippen molar-refractivity contribution in [2.45, 2.75) is 52.1 Å². The summed E-state index contributed by atoms with van der Waals surface area (Å²) in [6.07, 6.45) is 0.394. The molecule has 3 aliphatic heterocycles. The number of alkyl halides is 3. The molecule has 4 heterocycles. The van der Waals surface area contributed by atoms with E-state index in [4.69, 9.17) is 16.3 Å². The zero-order valence-corrected chi connectivity index (χ0v) is 44.9. The molecule has 0 radical (unpaired) electrons. The number of anilines is 4. The summed E-state index contributed by atoms with van der Waals surface area (Å²) in [7, 11) is -8.65. The molecule has 5 aromatic carbocycles.